The molecule has 10 heteroatoms. The van der Waals surface area contributed by atoms with Crippen molar-refractivity contribution in [2.45, 2.75) is 13.1 Å². The number of halogens is 3. The molecule has 0 fully saturated rings. The molecule has 0 aliphatic carbocycles. The van der Waals surface area contributed by atoms with Crippen molar-refractivity contribution in [3.8, 4) is 22.8 Å². The van der Waals surface area contributed by atoms with Gasteiger partial charge in [0.05, 0.1) is 25.6 Å². The molecule has 0 N–H and O–H groups in total. The van der Waals surface area contributed by atoms with Crippen LogP contribution < -0.4 is 4.74 Å². The summed E-state index contributed by atoms with van der Waals surface area (Å²) >= 11 is 0. The molecule has 0 atom stereocenters. The van der Waals surface area contributed by atoms with Crippen molar-refractivity contribution in [3.63, 3.8) is 0 Å². The Morgan fingerprint density at radius 3 is 2.63 bits per heavy atom. The first-order chi connectivity index (χ1) is 14.3. The first kappa shape index (κ1) is 21.0. The largest absolute Gasteiger partial charge is 0.496 e. The Morgan fingerprint density at radius 1 is 1.23 bits per heavy atom. The summed E-state index contributed by atoms with van der Waals surface area (Å²) < 4.78 is 51.6. The van der Waals surface area contributed by atoms with Gasteiger partial charge in [0.2, 0.25) is 0 Å². The van der Waals surface area contributed by atoms with E-state index in [1.54, 1.807) is 18.2 Å². The van der Waals surface area contributed by atoms with E-state index in [-0.39, 0.29) is 18.1 Å². The number of carbonyl (C=O) groups is 2. The van der Waals surface area contributed by atoms with Gasteiger partial charge in [-0.15, -0.1) is 0 Å². The monoisotopic (exact) mass is 419 g/mol. The summed E-state index contributed by atoms with van der Waals surface area (Å²) in [5.41, 5.74) is -0.987. The van der Waals surface area contributed by atoms with Crippen molar-refractivity contribution in [3.05, 3.63) is 59.4 Å². The van der Waals surface area contributed by atoms with Gasteiger partial charge in [0, 0.05) is 11.1 Å². The molecule has 3 aromatic rings. The van der Waals surface area contributed by atoms with Crippen LogP contribution in [0.3, 0.4) is 0 Å². The Bertz CT molecular complexity index is 1090. The zero-order valence-electron chi connectivity index (χ0n) is 15.9. The zero-order chi connectivity index (χ0) is 21.9. The van der Waals surface area contributed by atoms with Gasteiger partial charge >= 0.3 is 12.1 Å². The van der Waals surface area contributed by atoms with Crippen LogP contribution in [0.2, 0.25) is 0 Å². The first-order valence-corrected chi connectivity index (χ1v) is 8.73. The molecular formula is C20H16F3N3O4. The van der Waals surface area contributed by atoms with E-state index in [1.165, 1.54) is 32.2 Å². The van der Waals surface area contributed by atoms with E-state index in [0.29, 0.717) is 27.8 Å². The van der Waals surface area contributed by atoms with E-state index in [9.17, 15) is 22.8 Å². The van der Waals surface area contributed by atoms with Crippen molar-refractivity contribution in [2.24, 2.45) is 0 Å². The number of aldehydes is 1. The molecule has 0 radical (unpaired) electrons. The van der Waals surface area contributed by atoms with Crippen molar-refractivity contribution >= 4 is 12.3 Å². The number of benzene rings is 1. The lowest BCUT2D eigenvalue weighted by atomic mass is 10.1. The molecule has 0 spiro atoms. The third kappa shape index (κ3) is 4.02. The fourth-order valence-corrected chi connectivity index (χ4v) is 2.84. The number of hydrogen-bond acceptors (Lipinski definition) is 6. The summed E-state index contributed by atoms with van der Waals surface area (Å²) in [6.07, 6.45) is -3.46. The van der Waals surface area contributed by atoms with Gasteiger partial charge in [0.1, 0.15) is 17.6 Å². The highest BCUT2D eigenvalue weighted by Gasteiger charge is 2.41. The maximum absolute atomic E-state index is 13.7. The number of aromatic nitrogens is 3. The quantitative estimate of drug-likeness (QED) is 0.444. The number of methoxy groups -OCH3 is 1. The van der Waals surface area contributed by atoms with Crippen LogP contribution >= 0.6 is 0 Å². The van der Waals surface area contributed by atoms with Crippen LogP contribution in [-0.4, -0.2) is 40.7 Å². The topological polar surface area (TPSA) is 83.3 Å². The summed E-state index contributed by atoms with van der Waals surface area (Å²) in [5.74, 6) is -0.921. The minimum Gasteiger partial charge on any atom is -0.496 e. The maximum atomic E-state index is 13.7. The lowest BCUT2D eigenvalue weighted by Crippen LogP contribution is -2.19. The van der Waals surface area contributed by atoms with Crippen LogP contribution in [0.1, 0.15) is 33.3 Å². The number of rotatable bonds is 6. The lowest BCUT2D eigenvalue weighted by molar-refractivity contribution is -0.143. The molecule has 0 amide bonds. The molecule has 0 aliphatic heterocycles. The molecule has 0 aliphatic rings. The minimum atomic E-state index is -4.88. The van der Waals surface area contributed by atoms with Gasteiger partial charge in [0.15, 0.2) is 11.5 Å². The molecule has 7 nitrogen and oxygen atoms in total. The number of nitrogens with zero attached hydrogens (tertiary/aromatic N) is 3. The Hall–Kier alpha value is -3.69. The van der Waals surface area contributed by atoms with Gasteiger partial charge in [-0.25, -0.2) is 14.5 Å². The average molecular weight is 419 g/mol. The summed E-state index contributed by atoms with van der Waals surface area (Å²) in [5, 5.41) is 3.71. The summed E-state index contributed by atoms with van der Waals surface area (Å²) in [4.78, 5) is 27.3. The van der Waals surface area contributed by atoms with E-state index in [1.807, 2.05) is 0 Å². The standard InChI is InChI=1S/C20H16F3N3O4/c1-3-30-19(28)14-10-24-26(18(14)20(21,22)23)17-6-4-5-15(25-17)13-9-12(11-27)7-8-16(13)29-2/h4-11H,3H2,1-2H3. The molecule has 30 heavy (non-hydrogen) atoms. The van der Waals surface area contributed by atoms with E-state index in [2.05, 4.69) is 10.1 Å². The number of alkyl halides is 3. The van der Waals surface area contributed by atoms with Crippen LogP contribution in [0, 0.1) is 0 Å². The first-order valence-electron chi connectivity index (χ1n) is 8.73. The molecule has 1 aromatic carbocycles. The fourth-order valence-electron chi connectivity index (χ4n) is 2.84. The van der Waals surface area contributed by atoms with Crippen molar-refractivity contribution in [1.29, 1.82) is 0 Å². The zero-order valence-corrected chi connectivity index (χ0v) is 15.9. The number of ether oxygens (including phenoxy) is 2. The molecular weight excluding hydrogens is 403 g/mol. The predicted octanol–water partition coefficient (Wildman–Crippen LogP) is 3.95. The predicted molar refractivity (Wildman–Crippen MR) is 99.7 cm³/mol. The van der Waals surface area contributed by atoms with E-state index < -0.39 is 23.4 Å². The molecule has 0 saturated heterocycles. The maximum Gasteiger partial charge on any atom is 0.434 e. The summed E-state index contributed by atoms with van der Waals surface area (Å²) in [6.45, 7) is 1.41. The second-order valence-corrected chi connectivity index (χ2v) is 6.00. The van der Waals surface area contributed by atoms with E-state index in [0.717, 1.165) is 6.20 Å². The van der Waals surface area contributed by atoms with Crippen LogP contribution in [0.4, 0.5) is 13.2 Å². The van der Waals surface area contributed by atoms with Crippen molar-refractivity contribution in [2.75, 3.05) is 13.7 Å². The minimum absolute atomic E-state index is 0.0814. The summed E-state index contributed by atoms with van der Waals surface area (Å²) in [6, 6.07) is 8.96. The van der Waals surface area contributed by atoms with Gasteiger partial charge in [-0.1, -0.05) is 6.07 Å². The lowest BCUT2D eigenvalue weighted by Gasteiger charge is -2.13. The van der Waals surface area contributed by atoms with Gasteiger partial charge in [0.25, 0.3) is 0 Å². The van der Waals surface area contributed by atoms with Crippen LogP contribution in [0.25, 0.3) is 17.1 Å². The Morgan fingerprint density at radius 2 is 2.00 bits per heavy atom. The van der Waals surface area contributed by atoms with Gasteiger partial charge in [-0.05, 0) is 37.3 Å². The van der Waals surface area contributed by atoms with E-state index in [4.69, 9.17) is 9.47 Å². The van der Waals surface area contributed by atoms with Crippen molar-refractivity contribution in [1.82, 2.24) is 14.8 Å². The number of hydrogen-bond donors (Lipinski definition) is 0. The molecule has 2 heterocycles. The van der Waals surface area contributed by atoms with Crippen LogP contribution in [0.15, 0.2) is 42.6 Å². The second kappa shape index (κ2) is 8.36. The van der Waals surface area contributed by atoms with Crippen molar-refractivity contribution < 1.29 is 32.2 Å². The molecule has 0 saturated carbocycles. The Kier molecular flexibility index (Phi) is 5.86. The highest BCUT2D eigenvalue weighted by atomic mass is 19.4. The van der Waals surface area contributed by atoms with E-state index >= 15 is 0 Å². The SMILES string of the molecule is CCOC(=O)c1cnn(-c2cccc(-c3cc(C=O)ccc3OC)n2)c1C(F)(F)F. The second-order valence-electron chi connectivity index (χ2n) is 6.00. The fraction of sp³-hybridized carbons (Fsp3) is 0.200. The number of esters is 1. The van der Waals surface area contributed by atoms with Gasteiger partial charge < -0.3 is 9.47 Å². The number of carbonyl (C=O) groups excluding carboxylic acids is 2. The molecule has 3 rings (SSSR count). The van der Waals surface area contributed by atoms with Gasteiger partial charge in [-0.3, -0.25) is 4.79 Å². The molecule has 156 valence electrons. The normalized spacial score (nSPS) is 11.2. The van der Waals surface area contributed by atoms with Gasteiger partial charge in [-0.2, -0.15) is 18.3 Å². The average Bonchev–Trinajstić information content (AvgIpc) is 3.19. The van der Waals surface area contributed by atoms with Crippen LogP contribution in [0.5, 0.6) is 5.75 Å². The molecule has 0 unspecified atom stereocenters. The highest BCUT2D eigenvalue weighted by Crippen LogP contribution is 2.35. The Labute approximate surface area is 169 Å². The Balaban J connectivity index is 2.16. The third-order valence-corrected chi connectivity index (χ3v) is 4.12. The third-order valence-electron chi connectivity index (χ3n) is 4.12. The highest BCUT2D eigenvalue weighted by molar-refractivity contribution is 5.90. The molecule has 2 aromatic heterocycles. The summed E-state index contributed by atoms with van der Waals surface area (Å²) in [7, 11) is 1.42. The van der Waals surface area contributed by atoms with Crippen LogP contribution in [-0.2, 0) is 10.9 Å². The molecule has 0 bridgehead atoms. The number of pyridine rings is 1. The smallest absolute Gasteiger partial charge is 0.434 e.